The van der Waals surface area contributed by atoms with E-state index >= 15 is 0 Å². The molecule has 0 bridgehead atoms. The summed E-state index contributed by atoms with van der Waals surface area (Å²) < 4.78 is 34.7. The van der Waals surface area contributed by atoms with Gasteiger partial charge >= 0.3 is 0 Å². The zero-order valence-corrected chi connectivity index (χ0v) is 13.4. The second-order valence-corrected chi connectivity index (χ2v) is 6.43. The number of thiol groups is 1. The molecule has 2 N–H and O–H groups in total. The molecule has 1 aliphatic rings. The highest BCUT2D eigenvalue weighted by Crippen LogP contribution is 2.17. The molecule has 0 aromatic heterocycles. The fraction of sp³-hybridized carbons (Fsp3) is 0.462. The molecule has 1 saturated heterocycles. The maximum atomic E-state index is 13.6. The first-order valence-electron chi connectivity index (χ1n) is 6.73. The van der Waals surface area contributed by atoms with E-state index in [2.05, 4.69) is 10.6 Å². The Kier molecular flexibility index (Phi) is 6.13. The van der Waals surface area contributed by atoms with Gasteiger partial charge in [-0.15, -0.1) is 0 Å². The van der Waals surface area contributed by atoms with Gasteiger partial charge in [0.15, 0.2) is 10.7 Å². The van der Waals surface area contributed by atoms with Crippen molar-refractivity contribution in [2.45, 2.75) is 12.6 Å². The number of hydrogen-bond acceptors (Lipinski definition) is 5. The van der Waals surface area contributed by atoms with Crippen LogP contribution in [0, 0.1) is 5.82 Å². The van der Waals surface area contributed by atoms with Crippen molar-refractivity contribution >= 4 is 28.2 Å². The first-order chi connectivity index (χ1) is 10.5. The largest absolute Gasteiger partial charge is 0.351 e. The van der Waals surface area contributed by atoms with E-state index < -0.39 is 16.5 Å². The van der Waals surface area contributed by atoms with E-state index in [9.17, 15) is 17.6 Å². The molecule has 1 heterocycles. The molecule has 0 atom stereocenters. The molecule has 122 valence electrons. The smallest absolute Gasteiger partial charge is 0.234 e. The average molecular weight is 350 g/mol. The second kappa shape index (κ2) is 7.87. The summed E-state index contributed by atoms with van der Waals surface area (Å²) in [5, 5.41) is 5.64. The summed E-state index contributed by atoms with van der Waals surface area (Å²) in [6, 6.07) is 4.73. The fourth-order valence-corrected chi connectivity index (χ4v) is 2.91. The van der Waals surface area contributed by atoms with Crippen LogP contribution in [0.25, 0.3) is 0 Å². The van der Waals surface area contributed by atoms with Crippen LogP contribution in [0.4, 0.5) is 4.39 Å². The van der Waals surface area contributed by atoms with Crippen LogP contribution < -0.4 is 10.6 Å². The first-order valence-corrected chi connectivity index (χ1v) is 8.47. The number of amides is 1. The number of nitrogens with one attached hydrogen (secondary N) is 2. The van der Waals surface area contributed by atoms with Crippen molar-refractivity contribution in [2.75, 3.05) is 25.5 Å². The van der Waals surface area contributed by atoms with Gasteiger partial charge in [0.05, 0.1) is 17.4 Å². The number of carbonyl (C=O) groups is 1. The predicted octanol–water partition coefficient (Wildman–Crippen LogP) is -0.0620. The minimum absolute atomic E-state index is 0.0242. The van der Waals surface area contributed by atoms with Gasteiger partial charge in [0, 0.05) is 31.2 Å². The minimum Gasteiger partial charge on any atom is -0.351 e. The Labute approximate surface area is 134 Å². The lowest BCUT2D eigenvalue weighted by Crippen LogP contribution is -2.59. The SMILES string of the molecule is O=C(CNC1CN(C[SH](=O)=O)C1)NCc1cccc(Cl)c1F. The normalized spacial score (nSPS) is 15.8. The quantitative estimate of drug-likeness (QED) is 0.601. The summed E-state index contributed by atoms with van der Waals surface area (Å²) in [5.74, 6) is -0.736. The van der Waals surface area contributed by atoms with E-state index in [1.54, 1.807) is 17.0 Å². The lowest BCUT2D eigenvalue weighted by Gasteiger charge is -2.38. The minimum atomic E-state index is -2.40. The molecule has 1 aromatic carbocycles. The Bertz CT molecular complexity index is 613. The molecular formula is C13H17ClFN3O3S. The van der Waals surface area contributed by atoms with Gasteiger partial charge in [-0.2, -0.15) is 0 Å². The highest BCUT2D eigenvalue weighted by atomic mass is 35.5. The number of halogens is 2. The van der Waals surface area contributed by atoms with Crippen molar-refractivity contribution in [3.05, 3.63) is 34.6 Å². The van der Waals surface area contributed by atoms with Gasteiger partial charge in [0.1, 0.15) is 5.82 Å². The molecule has 0 saturated carbocycles. The molecule has 2 rings (SSSR count). The molecule has 6 nitrogen and oxygen atoms in total. The van der Waals surface area contributed by atoms with Crippen LogP contribution >= 0.6 is 11.6 Å². The summed E-state index contributed by atoms with van der Waals surface area (Å²) >= 11 is 5.66. The summed E-state index contributed by atoms with van der Waals surface area (Å²) in [6.45, 7) is 1.36. The number of hydrogen-bond donors (Lipinski definition) is 3. The van der Waals surface area contributed by atoms with Crippen molar-refractivity contribution in [1.29, 1.82) is 0 Å². The van der Waals surface area contributed by atoms with Crippen LogP contribution in [0.5, 0.6) is 0 Å². The number of nitrogens with zero attached hydrogens (tertiary/aromatic N) is 1. The van der Waals surface area contributed by atoms with Gasteiger partial charge in [-0.1, -0.05) is 23.7 Å². The fourth-order valence-electron chi connectivity index (χ4n) is 2.16. The van der Waals surface area contributed by atoms with E-state index in [0.717, 1.165) is 0 Å². The molecule has 1 fully saturated rings. The Morgan fingerprint density at radius 3 is 2.82 bits per heavy atom. The molecule has 1 aliphatic heterocycles. The van der Waals surface area contributed by atoms with Gasteiger partial charge in [-0.3, -0.25) is 9.69 Å². The van der Waals surface area contributed by atoms with Crippen LogP contribution in [0.1, 0.15) is 5.56 Å². The van der Waals surface area contributed by atoms with Crippen molar-refractivity contribution in [1.82, 2.24) is 15.5 Å². The molecule has 22 heavy (non-hydrogen) atoms. The van der Waals surface area contributed by atoms with Crippen LogP contribution in [-0.2, 0) is 22.0 Å². The maximum Gasteiger partial charge on any atom is 0.234 e. The molecule has 0 radical (unpaired) electrons. The molecule has 1 amide bonds. The van der Waals surface area contributed by atoms with E-state index in [-0.39, 0.29) is 35.9 Å². The Balaban J connectivity index is 1.66. The van der Waals surface area contributed by atoms with Crippen LogP contribution in [0.3, 0.4) is 0 Å². The Hall–Kier alpha value is -1.22. The van der Waals surface area contributed by atoms with E-state index in [0.29, 0.717) is 18.7 Å². The zero-order valence-electron chi connectivity index (χ0n) is 11.7. The van der Waals surface area contributed by atoms with E-state index in [1.807, 2.05) is 0 Å². The lowest BCUT2D eigenvalue weighted by atomic mass is 10.1. The van der Waals surface area contributed by atoms with Crippen LogP contribution in [0.2, 0.25) is 5.02 Å². The average Bonchev–Trinajstić information content (AvgIpc) is 2.42. The Morgan fingerprint density at radius 2 is 2.14 bits per heavy atom. The number of carbonyl (C=O) groups excluding carboxylic acids is 1. The maximum absolute atomic E-state index is 13.6. The summed E-state index contributed by atoms with van der Waals surface area (Å²) in [7, 11) is -2.40. The Morgan fingerprint density at radius 1 is 1.41 bits per heavy atom. The number of likely N-dealkylation sites (tertiary alicyclic amines) is 1. The van der Waals surface area contributed by atoms with Crippen molar-refractivity contribution in [2.24, 2.45) is 0 Å². The summed E-state index contributed by atoms with van der Waals surface area (Å²) in [5.41, 5.74) is 0.329. The van der Waals surface area contributed by atoms with Gasteiger partial charge in [0.2, 0.25) is 5.91 Å². The third kappa shape index (κ3) is 4.91. The molecule has 1 aromatic rings. The molecule has 0 unspecified atom stereocenters. The van der Waals surface area contributed by atoms with Crippen molar-refractivity contribution in [3.8, 4) is 0 Å². The third-order valence-corrected chi connectivity index (χ3v) is 4.25. The van der Waals surface area contributed by atoms with Crippen molar-refractivity contribution < 1.29 is 17.6 Å². The highest BCUT2D eigenvalue weighted by Gasteiger charge is 2.26. The highest BCUT2D eigenvalue weighted by molar-refractivity contribution is 7.72. The van der Waals surface area contributed by atoms with Gasteiger partial charge in [-0.25, -0.2) is 12.8 Å². The zero-order chi connectivity index (χ0) is 16.1. The number of benzene rings is 1. The molecule has 9 heteroatoms. The van der Waals surface area contributed by atoms with Crippen molar-refractivity contribution in [3.63, 3.8) is 0 Å². The topological polar surface area (TPSA) is 78.5 Å². The third-order valence-electron chi connectivity index (χ3n) is 3.33. The van der Waals surface area contributed by atoms with Crippen LogP contribution in [0.15, 0.2) is 18.2 Å². The van der Waals surface area contributed by atoms with Gasteiger partial charge in [0.25, 0.3) is 0 Å². The van der Waals surface area contributed by atoms with E-state index in [4.69, 9.17) is 11.6 Å². The number of rotatable bonds is 7. The summed E-state index contributed by atoms with van der Waals surface area (Å²) in [6.07, 6.45) is 0. The lowest BCUT2D eigenvalue weighted by molar-refractivity contribution is -0.120. The summed E-state index contributed by atoms with van der Waals surface area (Å²) in [4.78, 5) is 13.4. The van der Waals surface area contributed by atoms with Crippen LogP contribution in [-0.4, -0.2) is 50.8 Å². The van der Waals surface area contributed by atoms with Gasteiger partial charge in [-0.05, 0) is 6.07 Å². The van der Waals surface area contributed by atoms with Gasteiger partial charge < -0.3 is 10.6 Å². The molecular weight excluding hydrogens is 333 g/mol. The standard InChI is InChI=1S/C13H17ClFN3O3S/c14-11-3-1-2-9(13(11)15)4-17-12(19)5-16-10-6-18(7-10)8-22(20)21/h1-3,10,16,22H,4-8H2,(H,17,19). The van der Waals surface area contributed by atoms with E-state index in [1.165, 1.54) is 6.07 Å². The predicted molar refractivity (Wildman–Crippen MR) is 81.8 cm³/mol. The first kappa shape index (κ1) is 17.1. The second-order valence-electron chi connectivity index (χ2n) is 5.08. The monoisotopic (exact) mass is 349 g/mol. The molecule has 0 spiro atoms. The molecule has 0 aliphatic carbocycles.